The summed E-state index contributed by atoms with van der Waals surface area (Å²) in [6.07, 6.45) is 3.75. The molecular weight excluding hydrogens is 995 g/mol. The first-order valence-electron chi connectivity index (χ1n) is 26.5. The molecule has 6 heterocycles. The quantitative estimate of drug-likeness (QED) is 0.0700. The third-order valence-corrected chi connectivity index (χ3v) is 16.2. The molecule has 4 atom stereocenters. The van der Waals surface area contributed by atoms with Crippen LogP contribution in [0.1, 0.15) is 107 Å². The third-order valence-electron chi connectivity index (χ3n) is 15.2. The van der Waals surface area contributed by atoms with E-state index in [1.165, 1.54) is 4.90 Å². The van der Waals surface area contributed by atoms with E-state index in [0.717, 1.165) is 45.0 Å². The van der Waals surface area contributed by atoms with Crippen LogP contribution < -0.4 is 31.9 Å². The number of anilines is 1. The minimum absolute atomic E-state index is 0.000898. The maximum Gasteiger partial charge on any atom is 0.317 e. The fourth-order valence-electron chi connectivity index (χ4n) is 11.0. The lowest BCUT2D eigenvalue weighted by molar-refractivity contribution is -0.144. The predicted molar refractivity (Wildman–Crippen MR) is 288 cm³/mol. The molecule has 410 valence electrons. The Morgan fingerprint density at radius 3 is 2.36 bits per heavy atom. The lowest BCUT2D eigenvalue weighted by Crippen LogP contribution is -2.57. The van der Waals surface area contributed by atoms with Gasteiger partial charge in [0.2, 0.25) is 23.6 Å². The number of aryl methyl sites for hydroxylation is 3. The number of alkyl halides is 2. The van der Waals surface area contributed by atoms with Gasteiger partial charge in [0.1, 0.15) is 18.2 Å². The van der Waals surface area contributed by atoms with Gasteiger partial charge in [0, 0.05) is 126 Å². The fraction of sp³-hybridized carbons (Fsp3) is 0.545. The van der Waals surface area contributed by atoms with Crippen LogP contribution in [0.15, 0.2) is 65.6 Å². The van der Waals surface area contributed by atoms with E-state index in [4.69, 9.17) is 5.73 Å². The molecule has 76 heavy (non-hydrogen) atoms. The normalized spacial score (nSPS) is 19.1. The van der Waals surface area contributed by atoms with Crippen molar-refractivity contribution >= 4 is 46.7 Å². The molecule has 2 fully saturated rings. The highest BCUT2D eigenvalue weighted by atomic mass is 32.1. The van der Waals surface area contributed by atoms with Crippen LogP contribution in [-0.2, 0) is 39.2 Å². The van der Waals surface area contributed by atoms with Gasteiger partial charge in [0.25, 0.3) is 6.43 Å². The number of amides is 6. The number of fused-ring (bicyclic) bond motifs is 1. The lowest BCUT2D eigenvalue weighted by atomic mass is 9.85. The molecule has 2 aromatic heterocycles. The van der Waals surface area contributed by atoms with Crippen LogP contribution in [0.5, 0.6) is 0 Å². The smallest absolute Gasteiger partial charge is 0.317 e. The molecule has 18 nitrogen and oxygen atoms in total. The van der Waals surface area contributed by atoms with Gasteiger partial charge in [-0.05, 0) is 85.3 Å². The van der Waals surface area contributed by atoms with E-state index in [1.54, 1.807) is 53.5 Å². The predicted octanol–water partition coefficient (Wildman–Crippen LogP) is 5.74. The molecule has 0 saturated carbocycles. The Bertz CT molecular complexity index is 2770. The number of hydrogen-bond acceptors (Lipinski definition) is 12. The molecule has 7 N–H and O–H groups in total. The van der Waals surface area contributed by atoms with Crippen LogP contribution in [0.25, 0.3) is 21.6 Å². The van der Waals surface area contributed by atoms with Gasteiger partial charge in [0.05, 0.1) is 28.4 Å². The van der Waals surface area contributed by atoms with E-state index in [0.29, 0.717) is 81.5 Å². The SMILES string of the molecule is CNC(=O)N1CCC(NC2CCN(C(=O)CCCCC(=O)NC(C(=O)N3C[C@H](O)C[C@H]3C(=O)NCc3ccc(-c4scnc4C)cc3)C(C)(C)C)CC2)=C(C(N)N2CCCc3cc(-c4cnn(C)c4)c(C(F)F)cc32)C1. The highest BCUT2D eigenvalue weighted by Crippen LogP contribution is 2.40. The van der Waals surface area contributed by atoms with Crippen LogP contribution >= 0.6 is 11.3 Å². The molecule has 21 heteroatoms. The molecule has 6 amide bonds. The molecule has 0 spiro atoms. The number of aromatic nitrogens is 3. The van der Waals surface area contributed by atoms with Crippen molar-refractivity contribution in [1.29, 1.82) is 0 Å². The van der Waals surface area contributed by atoms with Crippen LogP contribution in [0.2, 0.25) is 0 Å². The summed E-state index contributed by atoms with van der Waals surface area (Å²) < 4.78 is 31.0. The topological polar surface area (TPSA) is 223 Å². The van der Waals surface area contributed by atoms with Crippen LogP contribution in [0.3, 0.4) is 0 Å². The molecule has 2 aromatic carbocycles. The van der Waals surface area contributed by atoms with Crippen molar-refractivity contribution in [3.05, 3.63) is 88.0 Å². The maximum atomic E-state index is 14.7. The molecule has 4 aromatic rings. The van der Waals surface area contributed by atoms with E-state index >= 15 is 0 Å². The summed E-state index contributed by atoms with van der Waals surface area (Å²) >= 11 is 1.56. The van der Waals surface area contributed by atoms with Crippen molar-refractivity contribution in [2.24, 2.45) is 18.2 Å². The first-order chi connectivity index (χ1) is 36.3. The van der Waals surface area contributed by atoms with Crippen molar-refractivity contribution in [3.8, 4) is 21.6 Å². The van der Waals surface area contributed by atoms with Gasteiger partial charge in [-0.3, -0.25) is 23.9 Å². The number of nitrogens with one attached hydrogen (secondary N) is 4. The average molecular weight is 1070 g/mol. The van der Waals surface area contributed by atoms with Crippen molar-refractivity contribution in [2.75, 3.05) is 51.2 Å². The standard InChI is InChI=1S/C55H74F2N12O6S/c1-33-48(76-32-61-33)35-15-13-34(14-16-35)27-60-52(73)45-25-39(70)30-69(45)53(74)49(55(2,3)4)64-46(71)11-7-8-12-47(72)66-21-17-38(18-22-66)63-43-19-23-67(54(75)59-5)31-42(43)51(58)68-20-9-10-36-24-40(37-28-62-65(6)29-37)41(50(56)57)26-44(36)68/h13-16,24,26,28-29,32,38-39,45,49-51,63,70H,7-12,17-23,25,27,30-31,58H2,1-6H3,(H,59,75)(H,60,73)(H,64,71)/t39-,45+,49?,51?/m1/s1. The number of urea groups is 1. The number of aliphatic hydroxyl groups excluding tert-OH is 1. The van der Waals surface area contributed by atoms with E-state index in [1.807, 2.05) is 73.3 Å². The summed E-state index contributed by atoms with van der Waals surface area (Å²) in [5, 5.41) is 27.2. The minimum Gasteiger partial charge on any atom is -0.391 e. The summed E-state index contributed by atoms with van der Waals surface area (Å²) in [5.41, 5.74) is 15.4. The molecule has 0 bridgehead atoms. The van der Waals surface area contributed by atoms with Crippen LogP contribution in [0, 0.1) is 12.3 Å². The molecule has 0 aliphatic carbocycles. The number of aliphatic hydroxyl groups is 1. The monoisotopic (exact) mass is 1070 g/mol. The maximum absolute atomic E-state index is 14.7. The Balaban J connectivity index is 0.820. The highest BCUT2D eigenvalue weighted by molar-refractivity contribution is 7.13. The summed E-state index contributed by atoms with van der Waals surface area (Å²) in [4.78, 5) is 79.9. The van der Waals surface area contributed by atoms with E-state index < -0.39 is 42.1 Å². The second-order valence-electron chi connectivity index (χ2n) is 21.7. The molecule has 2 saturated heterocycles. The van der Waals surface area contributed by atoms with Gasteiger partial charge in [-0.15, -0.1) is 11.3 Å². The van der Waals surface area contributed by atoms with Gasteiger partial charge in [0.15, 0.2) is 0 Å². The zero-order chi connectivity index (χ0) is 54.4. The Morgan fingerprint density at radius 1 is 0.961 bits per heavy atom. The summed E-state index contributed by atoms with van der Waals surface area (Å²) in [7, 11) is 3.34. The van der Waals surface area contributed by atoms with Gasteiger partial charge in [-0.2, -0.15) is 5.10 Å². The molecule has 0 radical (unpaired) electrons. The van der Waals surface area contributed by atoms with Gasteiger partial charge in [-0.1, -0.05) is 45.0 Å². The number of carbonyl (C=O) groups excluding carboxylic acids is 5. The summed E-state index contributed by atoms with van der Waals surface area (Å²) in [6, 6.07) is 9.20. The first kappa shape index (κ1) is 55.8. The Labute approximate surface area is 447 Å². The fourth-order valence-corrected chi connectivity index (χ4v) is 11.8. The molecule has 2 unspecified atom stereocenters. The average Bonchev–Trinajstić information content (AvgIpc) is 4.16. The second-order valence-corrected chi connectivity index (χ2v) is 22.5. The van der Waals surface area contributed by atoms with E-state index in [2.05, 4.69) is 31.3 Å². The van der Waals surface area contributed by atoms with Crippen LogP contribution in [-0.4, -0.2) is 141 Å². The number of piperidine rings is 1. The number of nitrogens with two attached hydrogens (primary N) is 1. The lowest BCUT2D eigenvalue weighted by Gasteiger charge is -2.42. The zero-order valence-electron chi connectivity index (χ0n) is 44.5. The number of benzene rings is 2. The number of hydrogen-bond donors (Lipinski definition) is 6. The molecule has 4 aliphatic heterocycles. The number of rotatable bonds is 17. The molecular formula is C55H74F2N12O6S. The van der Waals surface area contributed by atoms with E-state index in [-0.39, 0.29) is 74.3 Å². The minimum atomic E-state index is -2.72. The number of thiazole rings is 1. The molecule has 4 aliphatic rings. The van der Waals surface area contributed by atoms with Gasteiger partial charge >= 0.3 is 6.03 Å². The number of likely N-dealkylation sites (tertiary alicyclic amines) is 2. The number of carbonyl (C=O) groups is 5. The largest absolute Gasteiger partial charge is 0.391 e. The first-order valence-corrected chi connectivity index (χ1v) is 27.4. The van der Waals surface area contributed by atoms with Crippen LogP contribution in [0.4, 0.5) is 19.3 Å². The zero-order valence-corrected chi connectivity index (χ0v) is 45.4. The third kappa shape index (κ3) is 13.0. The number of nitrogens with zero attached hydrogens (tertiary/aromatic N) is 7. The van der Waals surface area contributed by atoms with Crippen molar-refractivity contribution in [1.82, 2.24) is 50.7 Å². The van der Waals surface area contributed by atoms with Crippen molar-refractivity contribution < 1.29 is 37.9 Å². The van der Waals surface area contributed by atoms with Gasteiger partial charge in [-0.25, -0.2) is 18.6 Å². The number of halogens is 2. The number of unbranched alkanes of at least 4 members (excludes halogenated alkanes) is 1. The second kappa shape index (κ2) is 24.3. The van der Waals surface area contributed by atoms with Gasteiger partial charge < -0.3 is 51.7 Å². The Morgan fingerprint density at radius 2 is 1.70 bits per heavy atom. The summed E-state index contributed by atoms with van der Waals surface area (Å²) in [6.45, 7) is 10.1. The van der Waals surface area contributed by atoms with E-state index in [9.17, 15) is 37.9 Å². The summed E-state index contributed by atoms with van der Waals surface area (Å²) in [5.74, 6) is -1.15. The Hall–Kier alpha value is -6.45. The van der Waals surface area contributed by atoms with Crippen molar-refractivity contribution in [2.45, 2.75) is 135 Å². The van der Waals surface area contributed by atoms with Crippen molar-refractivity contribution in [3.63, 3.8) is 0 Å². The molecule has 8 rings (SSSR count). The highest BCUT2D eigenvalue weighted by Gasteiger charge is 2.44. The Kier molecular flexibility index (Phi) is 17.8. The number of β-amino-alcohol motifs (C(OH)–C–C–N with tert-alkyl or cyclic N) is 1.